The van der Waals surface area contributed by atoms with Crippen LogP contribution in [0.25, 0.3) is 0 Å². The topological polar surface area (TPSA) is 158 Å². The monoisotopic (exact) mass is 308 g/mol. The summed E-state index contributed by atoms with van der Waals surface area (Å²) in [6.45, 7) is 1.36. The number of ketones is 1. The fraction of sp³-hybridized carbons (Fsp3) is 0.700. The van der Waals surface area contributed by atoms with Gasteiger partial charge in [-0.1, -0.05) is 0 Å². The summed E-state index contributed by atoms with van der Waals surface area (Å²) in [7, 11) is -4.72. The van der Waals surface area contributed by atoms with E-state index in [1.54, 1.807) is 0 Å². The number of nitrogens with zero attached hydrogens (tertiary/aromatic N) is 1. The molecule has 1 aliphatic rings. The minimum Gasteiger partial charge on any atom is -0.479 e. The number of carbonyl (C=O) groups excluding carboxylic acids is 2. The Kier molecular flexibility index (Phi) is 4.70. The minimum absolute atomic E-state index is 0.0135. The molecule has 0 aromatic carbocycles. The predicted octanol–water partition coefficient (Wildman–Crippen LogP) is -1.47. The molecule has 114 valence electrons. The molecule has 1 fully saturated rings. The van der Waals surface area contributed by atoms with Gasteiger partial charge in [0.1, 0.15) is 6.16 Å². The lowest BCUT2D eigenvalue weighted by Crippen LogP contribution is -2.61. The van der Waals surface area contributed by atoms with Crippen LogP contribution >= 0.6 is 7.60 Å². The zero-order valence-electron chi connectivity index (χ0n) is 10.9. The summed E-state index contributed by atoms with van der Waals surface area (Å²) in [6, 6.07) is -1.00. The van der Waals surface area contributed by atoms with Gasteiger partial charge in [-0.2, -0.15) is 0 Å². The second-order valence-corrected chi connectivity index (χ2v) is 6.44. The molecule has 1 saturated heterocycles. The molecule has 0 aromatic rings. The third-order valence-corrected chi connectivity index (χ3v) is 3.90. The van der Waals surface area contributed by atoms with Crippen LogP contribution in [0, 0.1) is 0 Å². The van der Waals surface area contributed by atoms with Gasteiger partial charge >= 0.3 is 13.6 Å². The van der Waals surface area contributed by atoms with Gasteiger partial charge in [0.15, 0.2) is 11.3 Å². The minimum atomic E-state index is -4.72. The highest BCUT2D eigenvalue weighted by atomic mass is 31.2. The van der Waals surface area contributed by atoms with Crippen molar-refractivity contribution >= 4 is 25.3 Å². The van der Waals surface area contributed by atoms with Crippen LogP contribution in [0.3, 0.4) is 0 Å². The van der Waals surface area contributed by atoms with Crippen molar-refractivity contribution < 1.29 is 33.8 Å². The van der Waals surface area contributed by atoms with E-state index in [-0.39, 0.29) is 19.4 Å². The largest absolute Gasteiger partial charge is 0.479 e. The SMILES string of the molecule is CC(N)C(=O)N1CCCC1(C(=O)O)C(=O)CP(=O)(O)O. The van der Waals surface area contributed by atoms with Gasteiger partial charge in [0.2, 0.25) is 5.91 Å². The Morgan fingerprint density at radius 3 is 2.35 bits per heavy atom. The normalized spacial score (nSPS) is 24.5. The van der Waals surface area contributed by atoms with Crippen LogP contribution in [-0.2, 0) is 18.9 Å². The van der Waals surface area contributed by atoms with Crippen LogP contribution in [0.15, 0.2) is 0 Å². The van der Waals surface area contributed by atoms with Crippen molar-refractivity contribution in [2.75, 3.05) is 12.7 Å². The Labute approximate surface area is 114 Å². The molecule has 1 aliphatic heterocycles. The molecule has 10 heteroatoms. The number of hydrogen-bond donors (Lipinski definition) is 4. The van der Waals surface area contributed by atoms with Crippen LogP contribution in [0.5, 0.6) is 0 Å². The van der Waals surface area contributed by atoms with Crippen LogP contribution in [0.1, 0.15) is 19.8 Å². The first-order valence-electron chi connectivity index (χ1n) is 5.90. The molecule has 2 atom stereocenters. The van der Waals surface area contributed by atoms with E-state index in [4.69, 9.17) is 15.5 Å². The van der Waals surface area contributed by atoms with E-state index in [9.17, 15) is 24.1 Å². The Hall–Kier alpha value is -1.28. The van der Waals surface area contributed by atoms with E-state index in [0.717, 1.165) is 4.90 Å². The molecule has 20 heavy (non-hydrogen) atoms. The zero-order chi connectivity index (χ0) is 15.7. The molecule has 5 N–H and O–H groups in total. The number of likely N-dealkylation sites (tertiary alicyclic amines) is 1. The van der Waals surface area contributed by atoms with Gasteiger partial charge in [0.05, 0.1) is 6.04 Å². The van der Waals surface area contributed by atoms with Crippen LogP contribution < -0.4 is 5.73 Å². The van der Waals surface area contributed by atoms with Crippen molar-refractivity contribution in [2.45, 2.75) is 31.3 Å². The summed E-state index contributed by atoms with van der Waals surface area (Å²) >= 11 is 0. The molecule has 0 saturated carbocycles. The summed E-state index contributed by atoms with van der Waals surface area (Å²) in [6.07, 6.45) is -1.15. The quantitative estimate of drug-likeness (QED) is 0.354. The number of carbonyl (C=O) groups is 3. The lowest BCUT2D eigenvalue weighted by Gasteiger charge is -2.34. The van der Waals surface area contributed by atoms with E-state index in [1.807, 2.05) is 0 Å². The molecule has 1 rings (SSSR count). The number of carboxylic acids is 1. The highest BCUT2D eigenvalue weighted by molar-refractivity contribution is 7.52. The van der Waals surface area contributed by atoms with Gasteiger partial charge < -0.3 is 25.5 Å². The van der Waals surface area contributed by atoms with E-state index in [1.165, 1.54) is 6.92 Å². The highest BCUT2D eigenvalue weighted by Gasteiger charge is 2.56. The Balaban J connectivity index is 3.21. The third kappa shape index (κ3) is 3.06. The highest BCUT2D eigenvalue weighted by Crippen LogP contribution is 2.39. The Morgan fingerprint density at radius 2 is 1.95 bits per heavy atom. The summed E-state index contributed by atoms with van der Waals surface area (Å²) in [4.78, 5) is 54.0. The van der Waals surface area contributed by atoms with Gasteiger partial charge in [-0.3, -0.25) is 14.2 Å². The summed E-state index contributed by atoms with van der Waals surface area (Å²) in [5.41, 5.74) is 3.19. The Morgan fingerprint density at radius 1 is 1.40 bits per heavy atom. The van der Waals surface area contributed by atoms with Crippen molar-refractivity contribution in [1.29, 1.82) is 0 Å². The first-order valence-corrected chi connectivity index (χ1v) is 7.70. The van der Waals surface area contributed by atoms with Crippen molar-refractivity contribution in [3.63, 3.8) is 0 Å². The molecule has 0 bridgehead atoms. The molecule has 0 aliphatic carbocycles. The maximum Gasteiger partial charge on any atom is 0.337 e. The van der Waals surface area contributed by atoms with Gasteiger partial charge in [0, 0.05) is 6.54 Å². The van der Waals surface area contributed by atoms with Crippen LogP contribution in [-0.4, -0.2) is 61.7 Å². The number of aliphatic carboxylic acids is 1. The van der Waals surface area contributed by atoms with Gasteiger partial charge in [0.25, 0.3) is 0 Å². The van der Waals surface area contributed by atoms with Gasteiger partial charge in [-0.25, -0.2) is 4.79 Å². The number of nitrogens with two attached hydrogens (primary N) is 1. The fourth-order valence-corrected chi connectivity index (χ4v) is 2.95. The zero-order valence-corrected chi connectivity index (χ0v) is 11.7. The molecular weight excluding hydrogens is 291 g/mol. The third-order valence-electron chi connectivity index (χ3n) is 3.20. The summed E-state index contributed by atoms with van der Waals surface area (Å²) < 4.78 is 10.9. The summed E-state index contributed by atoms with van der Waals surface area (Å²) in [5.74, 6) is -3.50. The molecule has 1 heterocycles. The lowest BCUT2D eigenvalue weighted by atomic mass is 9.91. The second kappa shape index (κ2) is 5.61. The van der Waals surface area contributed by atoms with Gasteiger partial charge in [-0.05, 0) is 19.8 Å². The first-order chi connectivity index (χ1) is 9.02. The number of carboxylic acid groups (broad SMARTS) is 1. The van der Waals surface area contributed by atoms with E-state index in [2.05, 4.69) is 0 Å². The standard InChI is InChI=1S/C10H17N2O7P/c1-6(11)8(14)12-4-2-3-10(12,9(15)16)7(13)5-20(17,18)19/h6H,2-5,11H2,1H3,(H,15,16)(H2,17,18,19). The van der Waals surface area contributed by atoms with Crippen LogP contribution in [0.4, 0.5) is 0 Å². The van der Waals surface area contributed by atoms with Crippen molar-refractivity contribution in [3.05, 3.63) is 0 Å². The number of rotatable bonds is 5. The molecule has 0 aromatic heterocycles. The fourth-order valence-electron chi connectivity index (χ4n) is 2.31. The van der Waals surface area contributed by atoms with Crippen molar-refractivity contribution in [1.82, 2.24) is 4.90 Å². The van der Waals surface area contributed by atoms with E-state index < -0.39 is 43.0 Å². The maximum absolute atomic E-state index is 12.1. The van der Waals surface area contributed by atoms with Crippen molar-refractivity contribution in [3.8, 4) is 0 Å². The smallest absolute Gasteiger partial charge is 0.337 e. The average Bonchev–Trinajstić information content (AvgIpc) is 2.70. The van der Waals surface area contributed by atoms with Crippen LogP contribution in [0.2, 0.25) is 0 Å². The molecule has 1 amide bonds. The van der Waals surface area contributed by atoms with Gasteiger partial charge in [-0.15, -0.1) is 0 Å². The lowest BCUT2D eigenvalue weighted by molar-refractivity contribution is -0.161. The predicted molar refractivity (Wildman–Crippen MR) is 66.9 cm³/mol. The molecule has 0 radical (unpaired) electrons. The number of hydrogen-bond acceptors (Lipinski definition) is 5. The van der Waals surface area contributed by atoms with Crippen molar-refractivity contribution in [2.24, 2.45) is 5.73 Å². The summed E-state index contributed by atoms with van der Waals surface area (Å²) in [5, 5.41) is 9.32. The first kappa shape index (κ1) is 16.8. The number of Topliss-reactive ketones (excluding diaryl/α,β-unsaturated/α-hetero) is 1. The number of amides is 1. The van der Waals surface area contributed by atoms with E-state index >= 15 is 0 Å². The molecular formula is C10H17N2O7P. The average molecular weight is 308 g/mol. The molecule has 0 spiro atoms. The Bertz CT molecular complexity index is 486. The molecule has 2 unspecified atom stereocenters. The molecule has 9 nitrogen and oxygen atoms in total. The maximum atomic E-state index is 12.1. The second-order valence-electron chi connectivity index (χ2n) is 4.79. The van der Waals surface area contributed by atoms with E-state index in [0.29, 0.717) is 0 Å².